The van der Waals surface area contributed by atoms with Crippen LogP contribution in [0.15, 0.2) is 132 Å². The van der Waals surface area contributed by atoms with E-state index < -0.39 is 0 Å². The quantitative estimate of drug-likeness (QED) is 0.228. The molecule has 4 nitrogen and oxygen atoms in total. The lowest BCUT2D eigenvalue weighted by atomic mass is 10.0. The maximum Gasteiger partial charge on any atom is 0.137 e. The molecule has 0 spiro atoms. The summed E-state index contributed by atoms with van der Waals surface area (Å²) in [6, 6.07) is 40.0. The van der Waals surface area contributed by atoms with Crippen molar-refractivity contribution in [1.29, 1.82) is 0 Å². The van der Waals surface area contributed by atoms with Crippen molar-refractivity contribution in [2.24, 2.45) is 0 Å². The van der Waals surface area contributed by atoms with Gasteiger partial charge in [0, 0.05) is 40.3 Å². The highest BCUT2D eigenvalue weighted by atomic mass is 16.3. The van der Waals surface area contributed by atoms with E-state index in [-0.39, 0.29) is 0 Å². The molecular formula is C36H27N3O. The van der Waals surface area contributed by atoms with Gasteiger partial charge in [-0.05, 0) is 79.6 Å². The van der Waals surface area contributed by atoms with Crippen molar-refractivity contribution in [2.75, 3.05) is 4.90 Å². The van der Waals surface area contributed by atoms with Gasteiger partial charge in [0.2, 0.25) is 0 Å². The molecule has 192 valence electrons. The fourth-order valence-electron chi connectivity index (χ4n) is 5.26. The third kappa shape index (κ3) is 4.30. The summed E-state index contributed by atoms with van der Waals surface area (Å²) in [6.07, 6.45) is 3.83. The van der Waals surface area contributed by atoms with Crippen molar-refractivity contribution in [3.05, 3.63) is 139 Å². The number of nitrogens with zero attached hydrogens (tertiary/aromatic N) is 3. The summed E-state index contributed by atoms with van der Waals surface area (Å²) in [6.45, 7) is 4.11. The number of para-hydroxylation sites is 1. The second kappa shape index (κ2) is 9.83. The first kappa shape index (κ1) is 23.9. The van der Waals surface area contributed by atoms with Crippen LogP contribution in [0.4, 0.5) is 17.1 Å². The largest absolute Gasteiger partial charge is 0.456 e. The lowest BCUT2D eigenvalue weighted by Gasteiger charge is -2.27. The van der Waals surface area contributed by atoms with Crippen LogP contribution in [0.1, 0.15) is 11.1 Å². The molecule has 0 fully saturated rings. The third-order valence-electron chi connectivity index (χ3n) is 7.24. The van der Waals surface area contributed by atoms with E-state index >= 15 is 0 Å². The van der Waals surface area contributed by atoms with Crippen LogP contribution >= 0.6 is 0 Å². The zero-order valence-electron chi connectivity index (χ0n) is 22.4. The van der Waals surface area contributed by atoms with Gasteiger partial charge in [-0.3, -0.25) is 9.97 Å². The Balaban J connectivity index is 1.46. The molecule has 7 aromatic rings. The van der Waals surface area contributed by atoms with E-state index in [0.29, 0.717) is 0 Å². The minimum Gasteiger partial charge on any atom is -0.456 e. The van der Waals surface area contributed by atoms with Crippen molar-refractivity contribution in [3.63, 3.8) is 0 Å². The number of aromatic nitrogens is 2. The van der Waals surface area contributed by atoms with Crippen molar-refractivity contribution in [1.82, 2.24) is 9.97 Å². The van der Waals surface area contributed by atoms with E-state index in [1.807, 2.05) is 30.6 Å². The Morgan fingerprint density at radius 2 is 1.12 bits per heavy atom. The SMILES string of the molecule is Cc1ccc(-c2cccc(N(c3cccc(-c4ccc(C)cn4)c3)c3cccc4oc5ccccc5c34)c2)nc1. The number of fused-ring (bicyclic) bond motifs is 3. The van der Waals surface area contributed by atoms with Gasteiger partial charge in [0.1, 0.15) is 11.2 Å². The molecule has 7 rings (SSSR count). The Morgan fingerprint density at radius 3 is 1.73 bits per heavy atom. The highest BCUT2D eigenvalue weighted by Gasteiger charge is 2.20. The molecule has 0 aliphatic carbocycles. The Morgan fingerprint density at radius 1 is 0.550 bits per heavy atom. The average molecular weight is 518 g/mol. The summed E-state index contributed by atoms with van der Waals surface area (Å²) in [4.78, 5) is 11.7. The number of hydrogen-bond donors (Lipinski definition) is 0. The van der Waals surface area contributed by atoms with Gasteiger partial charge in [-0.2, -0.15) is 0 Å². The second-order valence-electron chi connectivity index (χ2n) is 10.1. The lowest BCUT2D eigenvalue weighted by Crippen LogP contribution is -2.10. The molecule has 0 radical (unpaired) electrons. The number of aryl methyl sites for hydroxylation is 2. The monoisotopic (exact) mass is 517 g/mol. The van der Waals surface area contributed by atoms with Gasteiger partial charge in [-0.25, -0.2) is 0 Å². The van der Waals surface area contributed by atoms with E-state index in [4.69, 9.17) is 14.4 Å². The van der Waals surface area contributed by atoms with Gasteiger partial charge in [0.05, 0.1) is 22.5 Å². The van der Waals surface area contributed by atoms with E-state index in [1.165, 1.54) is 0 Å². The van der Waals surface area contributed by atoms with E-state index in [1.54, 1.807) is 0 Å². The van der Waals surface area contributed by atoms with Gasteiger partial charge >= 0.3 is 0 Å². The fourth-order valence-corrected chi connectivity index (χ4v) is 5.26. The zero-order chi connectivity index (χ0) is 27.1. The van der Waals surface area contributed by atoms with Crippen LogP contribution in [0, 0.1) is 13.8 Å². The molecule has 3 aromatic heterocycles. The first-order chi connectivity index (χ1) is 19.6. The van der Waals surface area contributed by atoms with Crippen molar-refractivity contribution in [3.8, 4) is 22.5 Å². The smallest absolute Gasteiger partial charge is 0.137 e. The van der Waals surface area contributed by atoms with E-state index in [0.717, 1.165) is 72.6 Å². The van der Waals surface area contributed by atoms with Gasteiger partial charge in [-0.15, -0.1) is 0 Å². The van der Waals surface area contributed by atoms with Crippen LogP contribution in [0.5, 0.6) is 0 Å². The predicted molar refractivity (Wildman–Crippen MR) is 164 cm³/mol. The zero-order valence-corrected chi connectivity index (χ0v) is 22.4. The van der Waals surface area contributed by atoms with Gasteiger partial charge in [-0.1, -0.05) is 60.7 Å². The standard InChI is InChI=1S/C36H27N3O/c1-24-16-18-31(37-22-24)26-8-5-10-28(20-26)39(29-11-6-9-27(21-29)32-19-17-25(2)23-38-32)33-13-7-15-35-36(33)30-12-3-4-14-34(30)40-35/h3-23H,1-2H3. The summed E-state index contributed by atoms with van der Waals surface area (Å²) < 4.78 is 6.28. The van der Waals surface area contributed by atoms with Crippen LogP contribution in [-0.4, -0.2) is 9.97 Å². The number of hydrogen-bond acceptors (Lipinski definition) is 4. The minimum atomic E-state index is 0.858. The van der Waals surface area contributed by atoms with E-state index in [9.17, 15) is 0 Å². The maximum atomic E-state index is 6.28. The molecule has 0 unspecified atom stereocenters. The van der Waals surface area contributed by atoms with Gasteiger partial charge < -0.3 is 9.32 Å². The first-order valence-corrected chi connectivity index (χ1v) is 13.4. The topological polar surface area (TPSA) is 42.2 Å². The lowest BCUT2D eigenvalue weighted by molar-refractivity contribution is 0.669. The maximum absolute atomic E-state index is 6.28. The predicted octanol–water partition coefficient (Wildman–Crippen LogP) is 9.80. The number of anilines is 3. The molecule has 4 aromatic carbocycles. The first-order valence-electron chi connectivity index (χ1n) is 13.4. The summed E-state index contributed by atoms with van der Waals surface area (Å²) in [7, 11) is 0. The molecular weight excluding hydrogens is 490 g/mol. The van der Waals surface area contributed by atoms with Crippen LogP contribution < -0.4 is 4.90 Å². The summed E-state index contributed by atoms with van der Waals surface area (Å²) >= 11 is 0. The van der Waals surface area contributed by atoms with Crippen molar-refractivity contribution in [2.45, 2.75) is 13.8 Å². The number of furan rings is 1. The third-order valence-corrected chi connectivity index (χ3v) is 7.24. The Hall–Kier alpha value is -5.22. The molecule has 0 aliphatic rings. The number of rotatable bonds is 5. The van der Waals surface area contributed by atoms with Gasteiger partial charge in [0.25, 0.3) is 0 Å². The Labute approximate surface area is 233 Å². The van der Waals surface area contributed by atoms with Crippen LogP contribution in [0.25, 0.3) is 44.5 Å². The van der Waals surface area contributed by atoms with Gasteiger partial charge in [0.15, 0.2) is 0 Å². The molecule has 3 heterocycles. The summed E-state index contributed by atoms with van der Waals surface area (Å²) in [5.41, 5.74) is 11.1. The molecule has 40 heavy (non-hydrogen) atoms. The van der Waals surface area contributed by atoms with Crippen LogP contribution in [0.2, 0.25) is 0 Å². The molecule has 0 aliphatic heterocycles. The molecule has 0 amide bonds. The highest BCUT2D eigenvalue weighted by molar-refractivity contribution is 6.13. The molecule has 0 bridgehead atoms. The molecule has 0 atom stereocenters. The Bertz CT molecular complexity index is 1880. The average Bonchev–Trinajstić information content (AvgIpc) is 3.38. The second-order valence-corrected chi connectivity index (χ2v) is 10.1. The molecule has 0 saturated heterocycles. The number of pyridine rings is 2. The van der Waals surface area contributed by atoms with Crippen LogP contribution in [0.3, 0.4) is 0 Å². The minimum absolute atomic E-state index is 0.858. The molecule has 0 saturated carbocycles. The van der Waals surface area contributed by atoms with Crippen LogP contribution in [-0.2, 0) is 0 Å². The summed E-state index contributed by atoms with van der Waals surface area (Å²) in [5.74, 6) is 0. The van der Waals surface area contributed by atoms with Crippen molar-refractivity contribution < 1.29 is 4.42 Å². The molecule has 4 heteroatoms. The van der Waals surface area contributed by atoms with Crippen molar-refractivity contribution >= 4 is 39.0 Å². The molecule has 0 N–H and O–H groups in total. The normalized spacial score (nSPS) is 11.2. The summed E-state index contributed by atoms with van der Waals surface area (Å²) in [5, 5.41) is 2.17. The highest BCUT2D eigenvalue weighted by Crippen LogP contribution is 2.44. The van der Waals surface area contributed by atoms with E-state index in [2.05, 4.69) is 116 Å². The fraction of sp³-hybridized carbons (Fsp3) is 0.0556. The Kier molecular flexibility index (Phi) is 5.86. The number of benzene rings is 4.